The number of hydrogen-bond acceptors (Lipinski definition) is 5. The molecular weight excluding hydrogens is 290 g/mol. The van der Waals surface area contributed by atoms with Crippen LogP contribution in [-0.4, -0.2) is 34.7 Å². The van der Waals surface area contributed by atoms with Crippen molar-refractivity contribution in [3.63, 3.8) is 0 Å². The van der Waals surface area contributed by atoms with Crippen molar-refractivity contribution in [1.82, 2.24) is 20.4 Å². The first-order valence-corrected chi connectivity index (χ1v) is 7.53. The van der Waals surface area contributed by atoms with Gasteiger partial charge in [0.1, 0.15) is 9.71 Å². The van der Waals surface area contributed by atoms with E-state index in [0.29, 0.717) is 17.1 Å². The van der Waals surface area contributed by atoms with Gasteiger partial charge in [-0.1, -0.05) is 6.92 Å². The highest BCUT2D eigenvalue weighted by Crippen LogP contribution is 2.35. The van der Waals surface area contributed by atoms with Crippen LogP contribution < -0.4 is 16.4 Å². The normalized spacial score (nSPS) is 10.8. The highest BCUT2D eigenvalue weighted by Gasteiger charge is 2.21. The average molecular weight is 309 g/mol. The SMILES string of the molecule is CCCNC(=O)CNC(=O)c1sc2c(c(C)nn2C)c1N. The number of amides is 2. The molecule has 2 aromatic rings. The Labute approximate surface area is 126 Å². The van der Waals surface area contributed by atoms with Crippen molar-refractivity contribution in [2.24, 2.45) is 7.05 Å². The number of aryl methyl sites for hydroxylation is 2. The lowest BCUT2D eigenvalue weighted by molar-refractivity contribution is -0.120. The molecule has 2 aromatic heterocycles. The molecule has 0 unspecified atom stereocenters. The number of aromatic nitrogens is 2. The van der Waals surface area contributed by atoms with E-state index in [0.717, 1.165) is 22.3 Å². The van der Waals surface area contributed by atoms with Crippen LogP contribution in [0, 0.1) is 6.92 Å². The van der Waals surface area contributed by atoms with E-state index in [2.05, 4.69) is 15.7 Å². The molecule has 0 atom stereocenters. The van der Waals surface area contributed by atoms with Gasteiger partial charge in [0.25, 0.3) is 5.91 Å². The van der Waals surface area contributed by atoms with E-state index in [1.807, 2.05) is 20.9 Å². The Hall–Kier alpha value is -2.09. The fraction of sp³-hybridized carbons (Fsp3) is 0.462. The van der Waals surface area contributed by atoms with Crippen molar-refractivity contribution >= 4 is 39.1 Å². The molecule has 0 saturated carbocycles. The monoisotopic (exact) mass is 309 g/mol. The zero-order chi connectivity index (χ0) is 15.6. The molecular formula is C13H19N5O2S. The number of nitrogens with one attached hydrogen (secondary N) is 2. The summed E-state index contributed by atoms with van der Waals surface area (Å²) in [5, 5.41) is 10.4. The molecule has 8 heteroatoms. The lowest BCUT2D eigenvalue weighted by Gasteiger charge is -2.05. The number of carbonyl (C=O) groups excluding carboxylic acids is 2. The van der Waals surface area contributed by atoms with Gasteiger partial charge >= 0.3 is 0 Å². The minimum Gasteiger partial charge on any atom is -0.397 e. The minimum atomic E-state index is -0.334. The summed E-state index contributed by atoms with van der Waals surface area (Å²) in [4.78, 5) is 24.9. The van der Waals surface area contributed by atoms with Gasteiger partial charge in [0, 0.05) is 13.6 Å². The van der Waals surface area contributed by atoms with Crippen LogP contribution in [0.2, 0.25) is 0 Å². The van der Waals surface area contributed by atoms with Crippen molar-refractivity contribution in [2.45, 2.75) is 20.3 Å². The molecule has 0 saturated heterocycles. The van der Waals surface area contributed by atoms with Crippen molar-refractivity contribution in [1.29, 1.82) is 0 Å². The first kappa shape index (κ1) is 15.3. The average Bonchev–Trinajstić information content (AvgIpc) is 2.93. The van der Waals surface area contributed by atoms with Gasteiger partial charge in [-0.2, -0.15) is 5.10 Å². The third kappa shape index (κ3) is 2.99. The summed E-state index contributed by atoms with van der Waals surface area (Å²) in [5.74, 6) is -0.539. The first-order valence-electron chi connectivity index (χ1n) is 6.72. The van der Waals surface area contributed by atoms with E-state index < -0.39 is 0 Å². The maximum Gasteiger partial charge on any atom is 0.264 e. The summed E-state index contributed by atoms with van der Waals surface area (Å²) in [7, 11) is 1.81. The van der Waals surface area contributed by atoms with E-state index in [4.69, 9.17) is 5.73 Å². The molecule has 2 heterocycles. The summed E-state index contributed by atoms with van der Waals surface area (Å²) < 4.78 is 1.70. The summed E-state index contributed by atoms with van der Waals surface area (Å²) in [6, 6.07) is 0. The maximum absolute atomic E-state index is 12.1. The Bertz CT molecular complexity index is 688. The van der Waals surface area contributed by atoms with E-state index in [1.165, 1.54) is 11.3 Å². The Balaban J connectivity index is 2.11. The largest absolute Gasteiger partial charge is 0.397 e. The fourth-order valence-electron chi connectivity index (χ4n) is 2.07. The highest BCUT2D eigenvalue weighted by atomic mass is 32.1. The summed E-state index contributed by atoms with van der Waals surface area (Å²) in [6.07, 6.45) is 0.856. The molecule has 0 radical (unpaired) electrons. The predicted octanol–water partition coefficient (Wildman–Crippen LogP) is 0.781. The minimum absolute atomic E-state index is 0.0518. The van der Waals surface area contributed by atoms with E-state index >= 15 is 0 Å². The number of thiophene rings is 1. The van der Waals surface area contributed by atoms with Gasteiger partial charge in [0.05, 0.1) is 23.3 Å². The predicted molar refractivity (Wildman–Crippen MR) is 83.4 cm³/mol. The van der Waals surface area contributed by atoms with Gasteiger partial charge in [-0.25, -0.2) is 0 Å². The highest BCUT2D eigenvalue weighted by molar-refractivity contribution is 7.21. The molecule has 2 amide bonds. The number of nitrogens with zero attached hydrogens (tertiary/aromatic N) is 2. The van der Waals surface area contributed by atoms with Crippen LogP contribution in [0.5, 0.6) is 0 Å². The second-order valence-electron chi connectivity index (χ2n) is 4.77. The van der Waals surface area contributed by atoms with Gasteiger partial charge in [-0.3, -0.25) is 14.3 Å². The van der Waals surface area contributed by atoms with E-state index in [1.54, 1.807) is 4.68 Å². The van der Waals surface area contributed by atoms with Crippen LogP contribution in [0.3, 0.4) is 0 Å². The second kappa shape index (κ2) is 6.13. The fourth-order valence-corrected chi connectivity index (χ4v) is 3.17. The molecule has 0 aromatic carbocycles. The number of nitrogens with two attached hydrogens (primary N) is 1. The molecule has 0 fully saturated rings. The number of rotatable bonds is 5. The van der Waals surface area contributed by atoms with Crippen molar-refractivity contribution in [3.8, 4) is 0 Å². The van der Waals surface area contributed by atoms with Gasteiger partial charge < -0.3 is 16.4 Å². The third-order valence-electron chi connectivity index (χ3n) is 3.07. The first-order chi connectivity index (χ1) is 9.95. The molecule has 0 aliphatic heterocycles. The quantitative estimate of drug-likeness (QED) is 0.759. The smallest absolute Gasteiger partial charge is 0.264 e. The van der Waals surface area contributed by atoms with Crippen LogP contribution in [0.25, 0.3) is 10.2 Å². The Kier molecular flexibility index (Phi) is 4.46. The molecule has 21 heavy (non-hydrogen) atoms. The van der Waals surface area contributed by atoms with Crippen LogP contribution in [0.15, 0.2) is 0 Å². The summed E-state index contributed by atoms with van der Waals surface area (Å²) in [6.45, 7) is 4.37. The zero-order valence-corrected chi connectivity index (χ0v) is 13.1. The van der Waals surface area contributed by atoms with Gasteiger partial charge in [-0.15, -0.1) is 11.3 Å². The van der Waals surface area contributed by atoms with Crippen LogP contribution >= 0.6 is 11.3 Å². The molecule has 4 N–H and O–H groups in total. The number of fused-ring (bicyclic) bond motifs is 1. The number of hydrogen-bond donors (Lipinski definition) is 3. The van der Waals surface area contributed by atoms with Crippen molar-refractivity contribution < 1.29 is 9.59 Å². The molecule has 0 aliphatic carbocycles. The Morgan fingerprint density at radius 3 is 2.71 bits per heavy atom. The summed E-state index contributed by atoms with van der Waals surface area (Å²) in [5.41, 5.74) is 7.25. The lowest BCUT2D eigenvalue weighted by Crippen LogP contribution is -2.37. The third-order valence-corrected chi connectivity index (χ3v) is 4.34. The van der Waals surface area contributed by atoms with E-state index in [9.17, 15) is 9.59 Å². The standard InChI is InChI=1S/C13H19N5O2S/c1-4-5-15-8(19)6-16-12(20)11-10(14)9-7(2)17-18(3)13(9)21-11/h4-6,14H2,1-3H3,(H,15,19)(H,16,20). The van der Waals surface area contributed by atoms with Crippen LogP contribution in [0.4, 0.5) is 5.69 Å². The van der Waals surface area contributed by atoms with Crippen LogP contribution in [-0.2, 0) is 11.8 Å². The topological polar surface area (TPSA) is 102 Å². The van der Waals surface area contributed by atoms with Crippen molar-refractivity contribution in [3.05, 3.63) is 10.6 Å². The van der Waals surface area contributed by atoms with E-state index in [-0.39, 0.29) is 18.4 Å². The molecule has 7 nitrogen and oxygen atoms in total. The molecule has 0 aliphatic rings. The number of carbonyl (C=O) groups is 2. The zero-order valence-electron chi connectivity index (χ0n) is 12.3. The Morgan fingerprint density at radius 1 is 1.38 bits per heavy atom. The second-order valence-corrected chi connectivity index (χ2v) is 5.77. The molecule has 0 spiro atoms. The lowest BCUT2D eigenvalue weighted by atomic mass is 10.2. The van der Waals surface area contributed by atoms with Crippen molar-refractivity contribution in [2.75, 3.05) is 18.8 Å². The van der Waals surface area contributed by atoms with Crippen LogP contribution in [0.1, 0.15) is 28.7 Å². The Morgan fingerprint density at radius 2 is 2.10 bits per heavy atom. The number of anilines is 1. The molecule has 2 rings (SSSR count). The van der Waals surface area contributed by atoms with Gasteiger partial charge in [0.15, 0.2) is 0 Å². The molecule has 0 bridgehead atoms. The summed E-state index contributed by atoms with van der Waals surface area (Å²) >= 11 is 1.28. The number of nitrogen functional groups attached to an aromatic ring is 1. The maximum atomic E-state index is 12.1. The molecule has 114 valence electrons. The van der Waals surface area contributed by atoms with Gasteiger partial charge in [-0.05, 0) is 13.3 Å². The van der Waals surface area contributed by atoms with Gasteiger partial charge in [0.2, 0.25) is 5.91 Å².